The van der Waals surface area contributed by atoms with Crippen molar-refractivity contribution in [1.29, 1.82) is 0 Å². The van der Waals surface area contributed by atoms with Crippen LogP contribution in [0, 0.1) is 0 Å². The van der Waals surface area contributed by atoms with Crippen molar-refractivity contribution in [2.75, 3.05) is 32.8 Å². The lowest BCUT2D eigenvalue weighted by molar-refractivity contribution is -0.122. The molecule has 3 aromatic carbocycles. The van der Waals surface area contributed by atoms with Crippen LogP contribution in [-0.4, -0.2) is 64.4 Å². The number of carbonyl (C=O) groups excluding carboxylic acids is 3. The number of halogens is 1. The zero-order valence-corrected chi connectivity index (χ0v) is 23.6. The van der Waals surface area contributed by atoms with Crippen molar-refractivity contribution in [2.24, 2.45) is 0 Å². The molecule has 1 aliphatic heterocycles. The molecule has 1 unspecified atom stereocenters. The van der Waals surface area contributed by atoms with Crippen molar-refractivity contribution in [1.82, 2.24) is 4.31 Å². The van der Waals surface area contributed by atoms with Gasteiger partial charge in [0.1, 0.15) is 6.04 Å². The lowest BCUT2D eigenvalue weighted by Gasteiger charge is -2.27. The molecule has 1 atom stereocenters. The summed E-state index contributed by atoms with van der Waals surface area (Å²) in [6.45, 7) is -0.0980. The summed E-state index contributed by atoms with van der Waals surface area (Å²) in [7, 11) is 0.0202. The Labute approximate surface area is 237 Å². The summed E-state index contributed by atoms with van der Waals surface area (Å²) >= 11 is 5.97. The zero-order chi connectivity index (χ0) is 29.0. The molecular weight excluding hydrogens is 560 g/mol. The molecule has 1 aliphatic rings. The van der Waals surface area contributed by atoms with E-state index in [4.69, 9.17) is 21.1 Å². The fourth-order valence-electron chi connectivity index (χ4n) is 4.44. The second kappa shape index (κ2) is 12.1. The molecule has 1 saturated heterocycles. The number of nitrogens with zero attached hydrogens (tertiary/aromatic N) is 2. The molecule has 210 valence electrons. The van der Waals surface area contributed by atoms with Crippen molar-refractivity contribution < 1.29 is 37.0 Å². The SMILES string of the molecule is COC(=O)c1ccc(N2C(=O)CC(N(CCc3ccc(OC)c(OC)c3)S(=O)(=O)c3ccc(Cl)cc3)C2=O)cc1. The predicted molar refractivity (Wildman–Crippen MR) is 147 cm³/mol. The third-order valence-corrected chi connectivity index (χ3v) is 8.68. The van der Waals surface area contributed by atoms with Crippen molar-refractivity contribution in [2.45, 2.75) is 23.8 Å². The monoisotopic (exact) mass is 586 g/mol. The molecule has 0 saturated carbocycles. The summed E-state index contributed by atoms with van der Waals surface area (Å²) in [6, 6.07) is 15.2. The molecule has 4 rings (SSSR count). The number of esters is 1. The van der Waals surface area contributed by atoms with Gasteiger partial charge in [-0.2, -0.15) is 4.31 Å². The van der Waals surface area contributed by atoms with E-state index in [1.807, 2.05) is 0 Å². The van der Waals surface area contributed by atoms with Gasteiger partial charge in [-0.15, -0.1) is 0 Å². The normalized spacial score (nSPS) is 15.4. The Kier molecular flexibility index (Phi) is 8.77. The second-order valence-electron chi connectivity index (χ2n) is 8.83. The highest BCUT2D eigenvalue weighted by Gasteiger charge is 2.46. The summed E-state index contributed by atoms with van der Waals surface area (Å²) in [4.78, 5) is 39.3. The van der Waals surface area contributed by atoms with Crippen LogP contribution in [0.5, 0.6) is 11.5 Å². The summed E-state index contributed by atoms with van der Waals surface area (Å²) in [5.41, 5.74) is 1.19. The number of imide groups is 1. The topological polar surface area (TPSA) is 120 Å². The van der Waals surface area contributed by atoms with Crippen molar-refractivity contribution >= 4 is 45.1 Å². The first-order valence-corrected chi connectivity index (χ1v) is 14.0. The van der Waals surface area contributed by atoms with Crippen molar-refractivity contribution in [3.8, 4) is 11.5 Å². The van der Waals surface area contributed by atoms with Gasteiger partial charge in [-0.25, -0.2) is 18.1 Å². The van der Waals surface area contributed by atoms with Gasteiger partial charge in [0.15, 0.2) is 11.5 Å². The van der Waals surface area contributed by atoms with Crippen molar-refractivity contribution in [3.63, 3.8) is 0 Å². The highest BCUT2D eigenvalue weighted by molar-refractivity contribution is 7.89. The molecule has 2 amide bonds. The molecule has 0 N–H and O–H groups in total. The lowest BCUT2D eigenvalue weighted by Crippen LogP contribution is -2.46. The smallest absolute Gasteiger partial charge is 0.337 e. The van der Waals surface area contributed by atoms with Gasteiger partial charge in [0.25, 0.3) is 5.91 Å². The summed E-state index contributed by atoms with van der Waals surface area (Å²) in [6.07, 6.45) is -0.130. The molecule has 0 spiro atoms. The largest absolute Gasteiger partial charge is 0.493 e. The highest BCUT2D eigenvalue weighted by atomic mass is 35.5. The maximum absolute atomic E-state index is 13.8. The Balaban J connectivity index is 1.67. The van der Waals surface area contributed by atoms with E-state index in [0.717, 1.165) is 14.8 Å². The molecule has 1 fully saturated rings. The number of methoxy groups -OCH3 is 3. The van der Waals surface area contributed by atoms with E-state index in [1.54, 1.807) is 18.2 Å². The fraction of sp³-hybridized carbons (Fsp3) is 0.250. The Hall–Kier alpha value is -3.93. The molecule has 0 bridgehead atoms. The van der Waals surface area contributed by atoms with Crippen LogP contribution in [0.2, 0.25) is 5.02 Å². The van der Waals surface area contributed by atoms with E-state index in [1.165, 1.54) is 69.9 Å². The zero-order valence-electron chi connectivity index (χ0n) is 22.0. The number of rotatable bonds is 10. The Morgan fingerprint density at radius 1 is 0.950 bits per heavy atom. The van der Waals surface area contributed by atoms with E-state index in [-0.39, 0.29) is 35.5 Å². The predicted octanol–water partition coefficient (Wildman–Crippen LogP) is 3.71. The van der Waals surface area contributed by atoms with E-state index < -0.39 is 33.8 Å². The van der Waals surface area contributed by atoms with Crippen LogP contribution < -0.4 is 14.4 Å². The van der Waals surface area contributed by atoms with Crippen LogP contribution in [0.1, 0.15) is 22.3 Å². The third-order valence-electron chi connectivity index (χ3n) is 6.51. The average Bonchev–Trinajstić information content (AvgIpc) is 3.25. The first kappa shape index (κ1) is 29.1. The summed E-state index contributed by atoms with van der Waals surface area (Å²) < 4.78 is 44.0. The first-order chi connectivity index (χ1) is 19.1. The maximum atomic E-state index is 13.8. The standard InChI is InChI=1S/C28H27ClN2O8S/c1-37-24-13-4-18(16-25(24)38-2)14-15-30(40(35,36)22-11-7-20(29)8-12-22)23-17-26(32)31(27(23)33)21-9-5-19(6-10-21)28(34)39-3/h4-13,16,23H,14-15,17H2,1-3H3. The Morgan fingerprint density at radius 3 is 2.20 bits per heavy atom. The van der Waals surface area contributed by atoms with E-state index in [0.29, 0.717) is 16.5 Å². The number of ether oxygens (including phenoxy) is 3. The number of anilines is 1. The number of sulfonamides is 1. The van der Waals surface area contributed by atoms with Gasteiger partial charge >= 0.3 is 5.97 Å². The van der Waals surface area contributed by atoms with Gasteiger partial charge < -0.3 is 14.2 Å². The molecule has 12 heteroatoms. The number of carbonyl (C=O) groups is 3. The molecule has 3 aromatic rings. The minimum Gasteiger partial charge on any atom is -0.493 e. The lowest BCUT2D eigenvalue weighted by atomic mass is 10.1. The minimum absolute atomic E-state index is 0.0645. The van der Waals surface area contributed by atoms with Crippen LogP contribution in [0.3, 0.4) is 0 Å². The van der Waals surface area contributed by atoms with Gasteiger partial charge in [-0.1, -0.05) is 17.7 Å². The van der Waals surface area contributed by atoms with Crippen LogP contribution in [0.4, 0.5) is 5.69 Å². The summed E-state index contributed by atoms with van der Waals surface area (Å²) in [5, 5.41) is 0.351. The molecule has 0 aliphatic carbocycles. The quantitative estimate of drug-likeness (QED) is 0.260. The first-order valence-electron chi connectivity index (χ1n) is 12.1. The van der Waals surface area contributed by atoms with Crippen LogP contribution >= 0.6 is 11.6 Å². The number of hydrogen-bond donors (Lipinski definition) is 0. The molecular formula is C28H27ClN2O8S. The number of benzene rings is 3. The van der Waals surface area contributed by atoms with E-state index in [9.17, 15) is 22.8 Å². The third kappa shape index (κ3) is 5.81. The minimum atomic E-state index is -4.23. The van der Waals surface area contributed by atoms with Crippen LogP contribution in [-0.2, 0) is 30.8 Å². The van der Waals surface area contributed by atoms with Crippen molar-refractivity contribution in [3.05, 3.63) is 82.9 Å². The molecule has 1 heterocycles. The van der Waals surface area contributed by atoms with Gasteiger partial charge in [-0.3, -0.25) is 9.59 Å². The van der Waals surface area contributed by atoms with Gasteiger partial charge in [0, 0.05) is 11.6 Å². The van der Waals surface area contributed by atoms with Crippen LogP contribution in [0.25, 0.3) is 0 Å². The number of hydrogen-bond acceptors (Lipinski definition) is 8. The van der Waals surface area contributed by atoms with Gasteiger partial charge in [0.05, 0.1) is 43.9 Å². The highest BCUT2D eigenvalue weighted by Crippen LogP contribution is 2.32. The fourth-order valence-corrected chi connectivity index (χ4v) is 6.15. The van der Waals surface area contributed by atoms with Gasteiger partial charge in [0.2, 0.25) is 15.9 Å². The molecule has 0 radical (unpaired) electrons. The Bertz CT molecular complexity index is 1520. The van der Waals surface area contributed by atoms with Gasteiger partial charge in [-0.05, 0) is 72.6 Å². The number of amides is 2. The van der Waals surface area contributed by atoms with E-state index in [2.05, 4.69) is 4.74 Å². The Morgan fingerprint density at radius 2 is 1.60 bits per heavy atom. The average molecular weight is 587 g/mol. The molecule has 0 aromatic heterocycles. The maximum Gasteiger partial charge on any atom is 0.337 e. The van der Waals surface area contributed by atoms with E-state index >= 15 is 0 Å². The van der Waals surface area contributed by atoms with Crippen LogP contribution in [0.15, 0.2) is 71.6 Å². The summed E-state index contributed by atoms with van der Waals surface area (Å²) in [5.74, 6) is -0.842. The second-order valence-corrected chi connectivity index (χ2v) is 11.2. The molecule has 40 heavy (non-hydrogen) atoms. The molecule has 10 nitrogen and oxygen atoms in total.